The van der Waals surface area contributed by atoms with Crippen LogP contribution in [0.5, 0.6) is 0 Å². The Hall–Kier alpha value is -1.63. The van der Waals surface area contributed by atoms with Gasteiger partial charge in [-0.15, -0.1) is 11.3 Å². The van der Waals surface area contributed by atoms with Crippen molar-refractivity contribution in [2.75, 3.05) is 20.0 Å². The quantitative estimate of drug-likeness (QED) is 0.513. The average molecular weight is 229 g/mol. The Labute approximate surface area is 89.6 Å². The van der Waals surface area contributed by atoms with E-state index >= 15 is 0 Å². The van der Waals surface area contributed by atoms with Crippen molar-refractivity contribution >= 4 is 17.3 Å². The van der Waals surface area contributed by atoms with Crippen LogP contribution in [0.3, 0.4) is 0 Å². The van der Waals surface area contributed by atoms with E-state index in [1.807, 2.05) is 0 Å². The van der Waals surface area contributed by atoms with Gasteiger partial charge >= 0.3 is 5.97 Å². The summed E-state index contributed by atoms with van der Waals surface area (Å²) in [6.45, 7) is 0. The second-order valence-electron chi connectivity index (χ2n) is 2.68. The Balaban J connectivity index is 3.18. The van der Waals surface area contributed by atoms with Crippen LogP contribution in [-0.2, 0) is 16.0 Å². The summed E-state index contributed by atoms with van der Waals surface area (Å²) in [5.41, 5.74) is -0.395. The zero-order valence-corrected chi connectivity index (χ0v) is 9.21. The van der Waals surface area contributed by atoms with Gasteiger partial charge in [0.05, 0.1) is 13.5 Å². The van der Waals surface area contributed by atoms with Gasteiger partial charge in [-0.3, -0.25) is 14.6 Å². The fourth-order valence-electron chi connectivity index (χ4n) is 0.952. The van der Waals surface area contributed by atoms with Crippen molar-refractivity contribution in [2.45, 2.75) is 6.42 Å². The summed E-state index contributed by atoms with van der Waals surface area (Å²) in [6.07, 6.45) is 0.0553. The molecule has 6 nitrogen and oxygen atoms in total. The maximum atomic E-state index is 11.3. The minimum absolute atomic E-state index is 0.0553. The first kappa shape index (κ1) is 11.4. The lowest BCUT2D eigenvalue weighted by atomic mass is 10.3. The molecule has 0 aromatic carbocycles. The van der Waals surface area contributed by atoms with E-state index in [4.69, 9.17) is 5.84 Å². The molecule has 0 bridgehead atoms. The summed E-state index contributed by atoms with van der Waals surface area (Å²) in [6, 6.07) is 1.30. The summed E-state index contributed by atoms with van der Waals surface area (Å²) in [4.78, 5) is 27.1. The van der Waals surface area contributed by atoms with Crippen molar-refractivity contribution in [3.63, 3.8) is 0 Å². The number of nitrogen functional groups attached to an aromatic ring is 1. The predicted molar refractivity (Wildman–Crippen MR) is 55.9 cm³/mol. The Kier molecular flexibility index (Phi) is 3.62. The van der Waals surface area contributed by atoms with Crippen molar-refractivity contribution in [1.82, 2.24) is 4.68 Å². The highest BCUT2D eigenvalue weighted by Gasteiger charge is 2.06. The number of hydrogen-bond acceptors (Lipinski definition) is 6. The molecule has 0 aliphatic heterocycles. The summed E-state index contributed by atoms with van der Waals surface area (Å²) in [7, 11) is 2.82. The number of esters is 1. The molecular formula is C8H11N3O3S. The number of ether oxygens (including phenoxy) is 1. The molecule has 82 valence electrons. The summed E-state index contributed by atoms with van der Waals surface area (Å²) < 4.78 is 5.43. The van der Waals surface area contributed by atoms with E-state index in [-0.39, 0.29) is 6.42 Å². The summed E-state index contributed by atoms with van der Waals surface area (Å²) in [5, 5.41) is 0. The van der Waals surface area contributed by atoms with Crippen LogP contribution in [0, 0.1) is 0 Å². The third kappa shape index (κ3) is 2.66. The van der Waals surface area contributed by atoms with Crippen molar-refractivity contribution in [2.24, 2.45) is 4.99 Å². The number of aromatic nitrogens is 1. The second kappa shape index (κ2) is 4.74. The molecule has 1 rings (SSSR count). The van der Waals surface area contributed by atoms with E-state index in [1.54, 1.807) is 0 Å². The predicted octanol–water partition coefficient (Wildman–Crippen LogP) is -1.13. The number of nitrogens with zero attached hydrogens (tertiary/aromatic N) is 2. The van der Waals surface area contributed by atoms with Crippen LogP contribution in [0.15, 0.2) is 15.9 Å². The molecule has 0 saturated carbocycles. The van der Waals surface area contributed by atoms with Gasteiger partial charge in [0.2, 0.25) is 4.80 Å². The molecule has 0 aliphatic rings. The standard InChI is InChI=1S/C8H11N3O3S/c1-10-8-11(9)6(12)3-5(15-8)4-7(13)14-2/h3H,4,9H2,1-2H3. The molecule has 2 N–H and O–H groups in total. The largest absolute Gasteiger partial charge is 0.469 e. The lowest BCUT2D eigenvalue weighted by Gasteiger charge is -2.01. The Morgan fingerprint density at radius 3 is 2.93 bits per heavy atom. The van der Waals surface area contributed by atoms with Crippen LogP contribution in [0.2, 0.25) is 0 Å². The van der Waals surface area contributed by atoms with Gasteiger partial charge in [-0.1, -0.05) is 0 Å². The van der Waals surface area contributed by atoms with Crippen LogP contribution >= 0.6 is 11.3 Å². The number of nitrogens with two attached hydrogens (primary N) is 1. The number of rotatable bonds is 2. The SMILES string of the molecule is CN=c1sc(CC(=O)OC)cc(=O)n1N. The van der Waals surface area contributed by atoms with Gasteiger partial charge in [-0.25, -0.2) is 0 Å². The zero-order valence-electron chi connectivity index (χ0n) is 8.39. The van der Waals surface area contributed by atoms with Gasteiger partial charge in [0.1, 0.15) is 0 Å². The summed E-state index contributed by atoms with van der Waals surface area (Å²) in [5.74, 6) is 5.03. The molecule has 0 atom stereocenters. The van der Waals surface area contributed by atoms with Crippen LogP contribution < -0.4 is 16.2 Å². The number of hydrogen-bond donors (Lipinski definition) is 1. The lowest BCUT2D eigenvalue weighted by molar-refractivity contribution is -0.139. The molecule has 7 heteroatoms. The molecule has 0 amide bonds. The average Bonchev–Trinajstić information content (AvgIpc) is 2.22. The van der Waals surface area contributed by atoms with Crippen molar-refractivity contribution in [3.05, 3.63) is 26.1 Å². The molecule has 1 heterocycles. The van der Waals surface area contributed by atoms with Gasteiger partial charge in [0.15, 0.2) is 0 Å². The third-order valence-electron chi connectivity index (χ3n) is 1.69. The Morgan fingerprint density at radius 2 is 2.40 bits per heavy atom. The smallest absolute Gasteiger partial charge is 0.310 e. The molecule has 0 unspecified atom stereocenters. The van der Waals surface area contributed by atoms with E-state index in [1.165, 1.54) is 31.6 Å². The topological polar surface area (TPSA) is 86.7 Å². The molecule has 15 heavy (non-hydrogen) atoms. The van der Waals surface area contributed by atoms with E-state index < -0.39 is 11.5 Å². The number of carbonyl (C=O) groups excluding carboxylic acids is 1. The second-order valence-corrected chi connectivity index (χ2v) is 3.77. The van der Waals surface area contributed by atoms with Crippen LogP contribution in [0.4, 0.5) is 0 Å². The highest BCUT2D eigenvalue weighted by molar-refractivity contribution is 7.09. The first-order valence-electron chi connectivity index (χ1n) is 4.09. The highest BCUT2D eigenvalue weighted by atomic mass is 32.1. The van der Waals surface area contributed by atoms with Crippen molar-refractivity contribution in [1.29, 1.82) is 0 Å². The van der Waals surface area contributed by atoms with E-state index in [9.17, 15) is 9.59 Å². The van der Waals surface area contributed by atoms with Crippen molar-refractivity contribution in [3.8, 4) is 0 Å². The zero-order chi connectivity index (χ0) is 11.4. The maximum absolute atomic E-state index is 11.3. The molecule has 1 aromatic heterocycles. The fraction of sp³-hybridized carbons (Fsp3) is 0.375. The Morgan fingerprint density at radius 1 is 1.73 bits per heavy atom. The number of methoxy groups -OCH3 is 1. The molecular weight excluding hydrogens is 218 g/mol. The van der Waals surface area contributed by atoms with Crippen LogP contribution in [0.1, 0.15) is 4.88 Å². The summed E-state index contributed by atoms with van der Waals surface area (Å²) >= 11 is 1.18. The third-order valence-corrected chi connectivity index (χ3v) is 2.77. The van der Waals surface area contributed by atoms with E-state index in [2.05, 4.69) is 9.73 Å². The highest BCUT2D eigenvalue weighted by Crippen LogP contribution is 2.00. The fourth-order valence-corrected chi connectivity index (χ4v) is 1.82. The molecule has 1 aromatic rings. The molecule has 0 saturated heterocycles. The van der Waals surface area contributed by atoms with Gasteiger partial charge in [-0.2, -0.15) is 4.68 Å². The lowest BCUT2D eigenvalue weighted by Crippen LogP contribution is -2.38. The first-order valence-corrected chi connectivity index (χ1v) is 4.91. The van der Waals surface area contributed by atoms with Gasteiger partial charge in [0.25, 0.3) is 5.56 Å². The molecule has 0 aliphatic carbocycles. The molecule has 0 fully saturated rings. The monoisotopic (exact) mass is 229 g/mol. The minimum Gasteiger partial charge on any atom is -0.469 e. The van der Waals surface area contributed by atoms with Gasteiger partial charge in [0, 0.05) is 18.0 Å². The minimum atomic E-state index is -0.400. The number of carbonyl (C=O) groups is 1. The first-order chi connectivity index (χ1) is 7.08. The van der Waals surface area contributed by atoms with Crippen LogP contribution in [0.25, 0.3) is 0 Å². The van der Waals surface area contributed by atoms with Gasteiger partial charge in [-0.05, 0) is 0 Å². The van der Waals surface area contributed by atoms with E-state index in [0.29, 0.717) is 9.68 Å². The van der Waals surface area contributed by atoms with E-state index in [0.717, 1.165) is 4.68 Å². The normalized spacial score (nSPS) is 11.5. The van der Waals surface area contributed by atoms with Crippen molar-refractivity contribution < 1.29 is 9.53 Å². The Bertz CT molecular complexity index is 489. The maximum Gasteiger partial charge on any atom is 0.310 e. The van der Waals surface area contributed by atoms with Gasteiger partial charge < -0.3 is 10.6 Å². The van der Waals surface area contributed by atoms with Crippen LogP contribution in [-0.4, -0.2) is 24.8 Å². The molecule has 0 spiro atoms. The molecule has 0 radical (unpaired) electrons.